The Morgan fingerprint density at radius 1 is 1.25 bits per heavy atom. The lowest BCUT2D eigenvalue weighted by Crippen LogP contribution is -2.26. The molecule has 20 heavy (non-hydrogen) atoms. The van der Waals surface area contributed by atoms with Crippen LogP contribution in [0, 0.1) is 20.8 Å². The van der Waals surface area contributed by atoms with Gasteiger partial charge in [0.1, 0.15) is 17.3 Å². The van der Waals surface area contributed by atoms with Crippen LogP contribution in [0.1, 0.15) is 46.0 Å². The zero-order chi connectivity index (χ0) is 14.9. The lowest BCUT2D eigenvalue weighted by Gasteiger charge is -2.14. The van der Waals surface area contributed by atoms with Crippen LogP contribution in [0.25, 0.3) is 0 Å². The van der Waals surface area contributed by atoms with Crippen LogP contribution in [0.2, 0.25) is 0 Å². The fourth-order valence-electron chi connectivity index (χ4n) is 2.26. The summed E-state index contributed by atoms with van der Waals surface area (Å²) in [5, 5.41) is 12.6. The molecule has 0 radical (unpaired) electrons. The molecule has 2 aromatic rings. The van der Waals surface area contributed by atoms with Crippen LogP contribution in [-0.4, -0.2) is 11.0 Å². The van der Waals surface area contributed by atoms with Gasteiger partial charge in [0.05, 0.1) is 11.6 Å². The van der Waals surface area contributed by atoms with Gasteiger partial charge in [-0.2, -0.15) is 0 Å². The second-order valence-corrected chi connectivity index (χ2v) is 5.08. The Labute approximate surface area is 118 Å². The van der Waals surface area contributed by atoms with Crippen molar-refractivity contribution in [2.24, 2.45) is 0 Å². The van der Waals surface area contributed by atoms with Gasteiger partial charge in [0.15, 0.2) is 0 Å². The number of hydrogen-bond acceptors (Lipinski definition) is 3. The normalized spacial score (nSPS) is 12.2. The van der Waals surface area contributed by atoms with E-state index in [1.54, 1.807) is 12.1 Å². The first-order valence-electron chi connectivity index (χ1n) is 6.56. The van der Waals surface area contributed by atoms with E-state index in [2.05, 4.69) is 5.32 Å². The number of hydrogen-bond donors (Lipinski definition) is 2. The van der Waals surface area contributed by atoms with E-state index in [-0.39, 0.29) is 23.3 Å². The number of amides is 1. The van der Waals surface area contributed by atoms with Gasteiger partial charge in [-0.3, -0.25) is 4.79 Å². The molecule has 2 N–H and O–H groups in total. The maximum absolute atomic E-state index is 12.2. The summed E-state index contributed by atoms with van der Waals surface area (Å²) in [7, 11) is 0. The Morgan fingerprint density at radius 2 is 1.95 bits per heavy atom. The quantitative estimate of drug-likeness (QED) is 0.901. The van der Waals surface area contributed by atoms with E-state index in [1.165, 1.54) is 6.07 Å². The summed E-state index contributed by atoms with van der Waals surface area (Å²) < 4.78 is 5.47. The zero-order valence-electron chi connectivity index (χ0n) is 12.2. The van der Waals surface area contributed by atoms with Gasteiger partial charge in [-0.1, -0.05) is 11.6 Å². The Kier molecular flexibility index (Phi) is 3.84. The third-order valence-corrected chi connectivity index (χ3v) is 3.29. The minimum atomic E-state index is -0.294. The molecule has 0 fully saturated rings. The molecular weight excluding hydrogens is 254 g/mol. The molecule has 0 aliphatic heterocycles. The lowest BCUT2D eigenvalue weighted by atomic mass is 10.1. The Bertz CT molecular complexity index is 643. The standard InChI is InChI=1S/C16H19NO3/c1-9-5-6-15(18)14(7-9)16(19)17-11(3)13-8-10(2)20-12(13)4/h5-8,11,18H,1-4H3,(H,17,19). The number of rotatable bonds is 3. The van der Waals surface area contributed by atoms with E-state index in [0.29, 0.717) is 0 Å². The molecule has 0 bridgehead atoms. The Hall–Kier alpha value is -2.23. The van der Waals surface area contributed by atoms with Crippen LogP contribution >= 0.6 is 0 Å². The number of phenols is 1. The summed E-state index contributed by atoms with van der Waals surface area (Å²) in [6.45, 7) is 7.51. The third-order valence-electron chi connectivity index (χ3n) is 3.29. The fourth-order valence-corrected chi connectivity index (χ4v) is 2.26. The monoisotopic (exact) mass is 273 g/mol. The summed E-state index contributed by atoms with van der Waals surface area (Å²) >= 11 is 0. The van der Waals surface area contributed by atoms with Crippen molar-refractivity contribution < 1.29 is 14.3 Å². The number of benzene rings is 1. The second-order valence-electron chi connectivity index (χ2n) is 5.08. The molecule has 0 saturated carbocycles. The van der Waals surface area contributed by atoms with Crippen LogP contribution in [0.4, 0.5) is 0 Å². The summed E-state index contributed by atoms with van der Waals surface area (Å²) in [5.41, 5.74) is 2.16. The van der Waals surface area contributed by atoms with Crippen molar-refractivity contribution in [2.75, 3.05) is 0 Å². The van der Waals surface area contributed by atoms with Crippen LogP contribution in [0.3, 0.4) is 0 Å². The van der Waals surface area contributed by atoms with E-state index >= 15 is 0 Å². The van der Waals surface area contributed by atoms with Crippen LogP contribution in [0.15, 0.2) is 28.7 Å². The van der Waals surface area contributed by atoms with E-state index in [9.17, 15) is 9.90 Å². The van der Waals surface area contributed by atoms with Gasteiger partial charge in [-0.25, -0.2) is 0 Å². The molecule has 1 amide bonds. The molecular formula is C16H19NO3. The van der Waals surface area contributed by atoms with E-state index in [4.69, 9.17) is 4.42 Å². The number of phenolic OH excluding ortho intramolecular Hbond substituents is 1. The highest BCUT2D eigenvalue weighted by atomic mass is 16.3. The lowest BCUT2D eigenvalue weighted by molar-refractivity contribution is 0.0937. The van der Waals surface area contributed by atoms with E-state index in [0.717, 1.165) is 22.6 Å². The minimum absolute atomic E-state index is 0.0135. The summed E-state index contributed by atoms with van der Waals surface area (Å²) in [6.07, 6.45) is 0. The van der Waals surface area contributed by atoms with Gasteiger partial charge in [0.25, 0.3) is 5.91 Å². The molecule has 0 saturated heterocycles. The van der Waals surface area contributed by atoms with Crippen LogP contribution in [-0.2, 0) is 0 Å². The van der Waals surface area contributed by atoms with Crippen molar-refractivity contribution >= 4 is 5.91 Å². The number of nitrogens with one attached hydrogen (secondary N) is 1. The molecule has 1 heterocycles. The molecule has 0 aliphatic rings. The highest BCUT2D eigenvalue weighted by molar-refractivity contribution is 5.97. The predicted octanol–water partition coefficient (Wildman–Crippen LogP) is 3.40. The summed E-state index contributed by atoms with van der Waals surface area (Å²) in [5.74, 6) is 1.30. The van der Waals surface area contributed by atoms with Crippen LogP contribution < -0.4 is 5.32 Å². The van der Waals surface area contributed by atoms with Gasteiger partial charge >= 0.3 is 0 Å². The van der Waals surface area contributed by atoms with Crippen molar-refractivity contribution in [3.8, 4) is 5.75 Å². The first kappa shape index (κ1) is 14.2. The van der Waals surface area contributed by atoms with Crippen molar-refractivity contribution in [1.29, 1.82) is 0 Å². The number of carbonyl (C=O) groups excluding carboxylic acids is 1. The topological polar surface area (TPSA) is 62.5 Å². The predicted molar refractivity (Wildman–Crippen MR) is 76.9 cm³/mol. The van der Waals surface area contributed by atoms with Crippen molar-refractivity contribution in [2.45, 2.75) is 33.7 Å². The fraction of sp³-hybridized carbons (Fsp3) is 0.312. The van der Waals surface area contributed by atoms with Gasteiger partial charge in [0, 0.05) is 5.56 Å². The SMILES string of the molecule is Cc1ccc(O)c(C(=O)NC(C)c2cc(C)oc2C)c1. The highest BCUT2D eigenvalue weighted by Gasteiger charge is 2.18. The van der Waals surface area contributed by atoms with E-state index in [1.807, 2.05) is 33.8 Å². The zero-order valence-corrected chi connectivity index (χ0v) is 12.2. The minimum Gasteiger partial charge on any atom is -0.507 e. The molecule has 4 nitrogen and oxygen atoms in total. The first-order valence-corrected chi connectivity index (χ1v) is 6.56. The average molecular weight is 273 g/mol. The van der Waals surface area contributed by atoms with Gasteiger partial charge in [0.2, 0.25) is 0 Å². The molecule has 0 aliphatic carbocycles. The largest absolute Gasteiger partial charge is 0.507 e. The van der Waals surface area contributed by atoms with Crippen molar-refractivity contribution in [3.63, 3.8) is 0 Å². The summed E-state index contributed by atoms with van der Waals surface area (Å²) in [6, 6.07) is 6.70. The van der Waals surface area contributed by atoms with Crippen molar-refractivity contribution in [3.05, 3.63) is 52.5 Å². The molecule has 1 aromatic heterocycles. The second kappa shape index (κ2) is 5.41. The smallest absolute Gasteiger partial charge is 0.255 e. The van der Waals surface area contributed by atoms with E-state index < -0.39 is 0 Å². The Balaban J connectivity index is 2.19. The molecule has 0 spiro atoms. The molecule has 1 atom stereocenters. The Morgan fingerprint density at radius 3 is 2.55 bits per heavy atom. The number of aromatic hydroxyl groups is 1. The maximum atomic E-state index is 12.2. The summed E-state index contributed by atoms with van der Waals surface area (Å²) in [4.78, 5) is 12.2. The van der Waals surface area contributed by atoms with Gasteiger partial charge < -0.3 is 14.8 Å². The molecule has 4 heteroatoms. The van der Waals surface area contributed by atoms with Gasteiger partial charge in [-0.15, -0.1) is 0 Å². The number of carbonyl (C=O) groups is 1. The third kappa shape index (κ3) is 2.85. The maximum Gasteiger partial charge on any atom is 0.255 e. The molecule has 1 aromatic carbocycles. The average Bonchev–Trinajstić information content (AvgIpc) is 2.71. The first-order chi connectivity index (χ1) is 9.38. The van der Waals surface area contributed by atoms with Crippen molar-refractivity contribution in [1.82, 2.24) is 5.32 Å². The number of aryl methyl sites for hydroxylation is 3. The number of furan rings is 1. The molecule has 2 rings (SSSR count). The van der Waals surface area contributed by atoms with Gasteiger partial charge in [-0.05, 0) is 45.9 Å². The molecule has 106 valence electrons. The highest BCUT2D eigenvalue weighted by Crippen LogP contribution is 2.23. The molecule has 1 unspecified atom stereocenters. The van der Waals surface area contributed by atoms with Crippen LogP contribution in [0.5, 0.6) is 5.75 Å².